The first kappa shape index (κ1) is 12.3. The minimum atomic E-state index is -2.48. The Kier molecular flexibility index (Phi) is 4.23. The van der Waals surface area contributed by atoms with E-state index in [9.17, 15) is 3.89 Å². The standard InChI is InChI=1S/C9H15FN2S/c1-4-5-9(8-12,6-7-11)13(2,3)10/h4-6H2,1-3H3. The van der Waals surface area contributed by atoms with E-state index in [1.54, 1.807) is 0 Å². The third kappa shape index (κ3) is 2.60. The van der Waals surface area contributed by atoms with Crippen molar-refractivity contribution in [2.45, 2.75) is 30.9 Å². The van der Waals surface area contributed by atoms with E-state index < -0.39 is 15.2 Å². The van der Waals surface area contributed by atoms with Crippen LogP contribution in [0.15, 0.2) is 0 Å². The molecule has 0 aliphatic rings. The van der Waals surface area contributed by atoms with Crippen LogP contribution in [0, 0.1) is 22.7 Å². The number of halogens is 1. The molecule has 0 saturated carbocycles. The zero-order valence-corrected chi connectivity index (χ0v) is 9.12. The van der Waals surface area contributed by atoms with E-state index in [-0.39, 0.29) is 6.42 Å². The third-order valence-electron chi connectivity index (χ3n) is 2.15. The first-order valence-corrected chi connectivity index (χ1v) is 6.49. The van der Waals surface area contributed by atoms with Crippen LogP contribution < -0.4 is 0 Å². The van der Waals surface area contributed by atoms with Crippen LogP contribution in [0.5, 0.6) is 0 Å². The van der Waals surface area contributed by atoms with Crippen molar-refractivity contribution >= 4 is 10.4 Å². The maximum absolute atomic E-state index is 13.8. The van der Waals surface area contributed by atoms with Crippen molar-refractivity contribution < 1.29 is 3.89 Å². The monoisotopic (exact) mass is 202 g/mol. The second-order valence-electron chi connectivity index (χ2n) is 3.39. The van der Waals surface area contributed by atoms with E-state index in [0.717, 1.165) is 6.42 Å². The lowest BCUT2D eigenvalue weighted by molar-refractivity contribution is 0.621. The van der Waals surface area contributed by atoms with E-state index in [4.69, 9.17) is 10.5 Å². The average molecular weight is 202 g/mol. The molecule has 0 aromatic carbocycles. The summed E-state index contributed by atoms with van der Waals surface area (Å²) in [6.07, 6.45) is 4.09. The van der Waals surface area contributed by atoms with Crippen LogP contribution in [0.25, 0.3) is 0 Å². The van der Waals surface area contributed by atoms with Crippen molar-refractivity contribution in [3.8, 4) is 12.1 Å². The summed E-state index contributed by atoms with van der Waals surface area (Å²) in [4.78, 5) is 0. The molecule has 0 amide bonds. The van der Waals surface area contributed by atoms with Crippen molar-refractivity contribution in [3.63, 3.8) is 0 Å². The minimum Gasteiger partial charge on any atom is -0.198 e. The van der Waals surface area contributed by atoms with Crippen LogP contribution in [-0.4, -0.2) is 17.3 Å². The van der Waals surface area contributed by atoms with Crippen molar-refractivity contribution in [1.82, 2.24) is 0 Å². The Hall–Kier alpha value is -0.740. The SMILES string of the molecule is CCCC(C#N)(CC#N)S(C)(C)F. The van der Waals surface area contributed by atoms with E-state index >= 15 is 0 Å². The molecule has 1 atom stereocenters. The number of nitriles is 2. The summed E-state index contributed by atoms with van der Waals surface area (Å²) in [6, 6.07) is 3.91. The first-order chi connectivity index (χ1) is 5.93. The Bertz CT molecular complexity index is 246. The Morgan fingerprint density at radius 1 is 1.38 bits per heavy atom. The molecule has 0 aliphatic carbocycles. The molecule has 0 radical (unpaired) electrons. The molecular weight excluding hydrogens is 187 g/mol. The van der Waals surface area contributed by atoms with Crippen LogP contribution >= 0.6 is 10.4 Å². The van der Waals surface area contributed by atoms with Gasteiger partial charge in [-0.2, -0.15) is 14.4 Å². The van der Waals surface area contributed by atoms with Crippen LogP contribution in [0.4, 0.5) is 3.89 Å². The predicted octanol–water partition coefficient (Wildman–Crippen LogP) is 2.91. The normalized spacial score (nSPS) is 16.8. The molecule has 0 spiro atoms. The van der Waals surface area contributed by atoms with Crippen molar-refractivity contribution in [2.75, 3.05) is 12.5 Å². The first-order valence-electron chi connectivity index (χ1n) is 4.14. The molecule has 0 fully saturated rings. The molecule has 0 saturated heterocycles. The third-order valence-corrected chi connectivity index (χ3v) is 4.45. The minimum absolute atomic E-state index is 0.00380. The van der Waals surface area contributed by atoms with Crippen LogP contribution in [0.1, 0.15) is 26.2 Å². The summed E-state index contributed by atoms with van der Waals surface area (Å²) in [5.74, 6) is 0. The highest BCUT2D eigenvalue weighted by Crippen LogP contribution is 2.58. The molecule has 0 aromatic heterocycles. The lowest BCUT2D eigenvalue weighted by Crippen LogP contribution is -2.30. The number of hydrogen-bond donors (Lipinski definition) is 0. The summed E-state index contributed by atoms with van der Waals surface area (Å²) in [5, 5.41) is 17.5. The molecule has 0 N–H and O–H groups in total. The summed E-state index contributed by atoms with van der Waals surface area (Å²) in [6.45, 7) is 1.90. The van der Waals surface area contributed by atoms with Crippen LogP contribution in [0.2, 0.25) is 0 Å². The van der Waals surface area contributed by atoms with Gasteiger partial charge in [0.05, 0.1) is 18.6 Å². The molecule has 0 bridgehead atoms. The zero-order valence-electron chi connectivity index (χ0n) is 8.30. The Labute approximate surface area is 81.0 Å². The van der Waals surface area contributed by atoms with Gasteiger partial charge in [-0.3, -0.25) is 0 Å². The highest BCUT2D eigenvalue weighted by Gasteiger charge is 2.41. The van der Waals surface area contributed by atoms with E-state index in [1.807, 2.05) is 19.1 Å². The maximum atomic E-state index is 13.8. The highest BCUT2D eigenvalue weighted by molar-refractivity contribution is 8.29. The number of nitrogens with zero attached hydrogens (tertiary/aromatic N) is 2. The van der Waals surface area contributed by atoms with Gasteiger partial charge in [0.15, 0.2) is 0 Å². The predicted molar refractivity (Wildman–Crippen MR) is 54.0 cm³/mol. The molecule has 0 rings (SSSR count). The van der Waals surface area contributed by atoms with Crippen LogP contribution in [0.3, 0.4) is 0 Å². The fourth-order valence-corrected chi connectivity index (χ4v) is 2.55. The van der Waals surface area contributed by atoms with Crippen molar-refractivity contribution in [2.24, 2.45) is 0 Å². The lowest BCUT2D eigenvalue weighted by Gasteiger charge is -2.37. The maximum Gasteiger partial charge on any atom is 0.125 e. The summed E-state index contributed by atoms with van der Waals surface area (Å²) >= 11 is 0. The van der Waals surface area contributed by atoms with Crippen LogP contribution in [-0.2, 0) is 0 Å². The molecule has 0 heterocycles. The second kappa shape index (κ2) is 4.48. The van der Waals surface area contributed by atoms with E-state index in [0.29, 0.717) is 6.42 Å². The molecule has 74 valence electrons. The fourth-order valence-electron chi connectivity index (χ4n) is 1.24. The topological polar surface area (TPSA) is 47.6 Å². The summed E-state index contributed by atoms with van der Waals surface area (Å²) in [5.41, 5.74) is 0. The van der Waals surface area contributed by atoms with Gasteiger partial charge in [-0.25, -0.2) is 0 Å². The molecule has 4 heteroatoms. The van der Waals surface area contributed by atoms with Gasteiger partial charge in [0, 0.05) is 0 Å². The van der Waals surface area contributed by atoms with Gasteiger partial charge in [0.2, 0.25) is 0 Å². The largest absolute Gasteiger partial charge is 0.198 e. The summed E-state index contributed by atoms with van der Waals surface area (Å²) in [7, 11) is -2.48. The van der Waals surface area contributed by atoms with Crippen molar-refractivity contribution in [3.05, 3.63) is 0 Å². The van der Waals surface area contributed by atoms with Gasteiger partial charge >= 0.3 is 0 Å². The van der Waals surface area contributed by atoms with Gasteiger partial charge in [0.25, 0.3) is 0 Å². The molecule has 0 aliphatic heterocycles. The number of rotatable bonds is 4. The van der Waals surface area contributed by atoms with Gasteiger partial charge in [0.1, 0.15) is 4.75 Å². The quantitative estimate of drug-likeness (QED) is 0.703. The molecule has 2 nitrogen and oxygen atoms in total. The van der Waals surface area contributed by atoms with Gasteiger partial charge in [-0.1, -0.05) is 23.8 Å². The fraction of sp³-hybridized carbons (Fsp3) is 0.778. The van der Waals surface area contributed by atoms with Gasteiger partial charge in [-0.15, -0.1) is 0 Å². The van der Waals surface area contributed by atoms with Crippen molar-refractivity contribution in [1.29, 1.82) is 10.5 Å². The molecule has 1 unspecified atom stereocenters. The molecular formula is C9H15FN2S. The van der Waals surface area contributed by atoms with Gasteiger partial charge in [-0.05, 0) is 18.9 Å². The molecule has 0 aromatic rings. The second-order valence-corrected chi connectivity index (χ2v) is 6.58. The lowest BCUT2D eigenvalue weighted by atomic mass is 10.0. The Morgan fingerprint density at radius 3 is 2.15 bits per heavy atom. The smallest absolute Gasteiger partial charge is 0.125 e. The summed E-state index contributed by atoms with van der Waals surface area (Å²) < 4.78 is 12.7. The number of hydrogen-bond acceptors (Lipinski definition) is 2. The van der Waals surface area contributed by atoms with E-state index in [2.05, 4.69) is 0 Å². The molecule has 13 heavy (non-hydrogen) atoms. The Balaban J connectivity index is 4.92. The highest BCUT2D eigenvalue weighted by atomic mass is 32.3. The zero-order chi connectivity index (χ0) is 10.5. The van der Waals surface area contributed by atoms with E-state index in [1.165, 1.54) is 12.5 Å². The average Bonchev–Trinajstić information content (AvgIpc) is 2.02. The Morgan fingerprint density at radius 2 is 1.92 bits per heavy atom. The van der Waals surface area contributed by atoms with Gasteiger partial charge < -0.3 is 0 Å².